The van der Waals surface area contributed by atoms with Crippen LogP contribution < -0.4 is 4.74 Å². The molecule has 4 heteroatoms. The van der Waals surface area contributed by atoms with E-state index in [1.54, 1.807) is 19.1 Å². The molecule has 2 unspecified atom stereocenters. The fraction of sp³-hybridized carbons (Fsp3) is 0.647. The van der Waals surface area contributed by atoms with Gasteiger partial charge in [-0.1, -0.05) is 24.4 Å². The Bertz CT molecular complexity index is 495. The quantitative estimate of drug-likeness (QED) is 0.903. The summed E-state index contributed by atoms with van der Waals surface area (Å²) in [6.45, 7) is 2.27. The summed E-state index contributed by atoms with van der Waals surface area (Å²) in [7, 11) is 0. The predicted octanol–water partition coefficient (Wildman–Crippen LogP) is 4.26. The largest absolute Gasteiger partial charge is 0.490 e. The Labute approximate surface area is 131 Å². The highest BCUT2D eigenvalue weighted by Crippen LogP contribution is 2.43. The molecule has 1 aliphatic carbocycles. The lowest BCUT2D eigenvalue weighted by molar-refractivity contribution is -0.0511. The van der Waals surface area contributed by atoms with Gasteiger partial charge in [0, 0.05) is 10.6 Å². The smallest absolute Gasteiger partial charge is 0.125 e. The number of hydrogen-bond acceptors (Lipinski definition) is 3. The van der Waals surface area contributed by atoms with Crippen LogP contribution in [0.1, 0.15) is 57.1 Å². The minimum Gasteiger partial charge on any atom is -0.490 e. The molecule has 1 heterocycles. The van der Waals surface area contributed by atoms with Crippen molar-refractivity contribution >= 4 is 11.6 Å². The van der Waals surface area contributed by atoms with Crippen LogP contribution >= 0.6 is 11.6 Å². The first-order valence-corrected chi connectivity index (χ1v) is 8.24. The maximum atomic E-state index is 9.82. The molecule has 1 aliphatic heterocycles. The molecule has 1 aromatic rings. The van der Waals surface area contributed by atoms with Gasteiger partial charge in [0.25, 0.3) is 0 Å². The number of halogens is 1. The predicted molar refractivity (Wildman–Crippen MR) is 82.9 cm³/mol. The molecule has 116 valence electrons. The molecule has 1 saturated heterocycles. The zero-order valence-electron chi connectivity index (χ0n) is 12.5. The average molecular weight is 311 g/mol. The summed E-state index contributed by atoms with van der Waals surface area (Å²) in [6.07, 6.45) is 6.77. The molecule has 1 spiro atoms. The first kappa shape index (κ1) is 15.1. The summed E-state index contributed by atoms with van der Waals surface area (Å²) in [4.78, 5) is 0. The van der Waals surface area contributed by atoms with E-state index in [1.165, 1.54) is 25.7 Å². The highest BCUT2D eigenvalue weighted by molar-refractivity contribution is 6.30. The third kappa shape index (κ3) is 3.36. The van der Waals surface area contributed by atoms with E-state index in [4.69, 9.17) is 21.1 Å². The molecule has 0 amide bonds. The van der Waals surface area contributed by atoms with Gasteiger partial charge in [-0.05, 0) is 50.8 Å². The molecule has 1 N–H and O–H groups in total. The fourth-order valence-electron chi connectivity index (χ4n) is 3.56. The molecular weight excluding hydrogens is 288 g/mol. The van der Waals surface area contributed by atoms with Crippen molar-refractivity contribution in [3.05, 3.63) is 28.8 Å². The van der Waals surface area contributed by atoms with E-state index >= 15 is 0 Å². The number of ether oxygens (including phenoxy) is 2. The normalized spacial score (nSPS) is 25.4. The SMILES string of the molecule is CC(O)c1cc(Cl)ccc1OCC1CCC2(CCCC2)O1. The van der Waals surface area contributed by atoms with Gasteiger partial charge in [-0.3, -0.25) is 0 Å². The van der Waals surface area contributed by atoms with E-state index in [1.807, 2.05) is 6.07 Å². The van der Waals surface area contributed by atoms with Gasteiger partial charge >= 0.3 is 0 Å². The van der Waals surface area contributed by atoms with Crippen molar-refractivity contribution in [2.45, 2.75) is 63.3 Å². The number of rotatable bonds is 4. The molecule has 0 bridgehead atoms. The van der Waals surface area contributed by atoms with Gasteiger partial charge in [-0.2, -0.15) is 0 Å². The molecular formula is C17H23ClO3. The van der Waals surface area contributed by atoms with E-state index in [2.05, 4.69) is 0 Å². The van der Waals surface area contributed by atoms with Gasteiger partial charge in [0.05, 0.1) is 17.8 Å². The van der Waals surface area contributed by atoms with Gasteiger partial charge in [-0.25, -0.2) is 0 Å². The second-order valence-electron chi connectivity index (χ2n) is 6.34. The lowest BCUT2D eigenvalue weighted by Gasteiger charge is -2.24. The Balaban J connectivity index is 1.61. The summed E-state index contributed by atoms with van der Waals surface area (Å²) >= 11 is 5.98. The van der Waals surface area contributed by atoms with Crippen molar-refractivity contribution in [1.29, 1.82) is 0 Å². The zero-order chi connectivity index (χ0) is 14.9. The summed E-state index contributed by atoms with van der Waals surface area (Å²) in [6, 6.07) is 5.37. The van der Waals surface area contributed by atoms with E-state index < -0.39 is 6.10 Å². The Kier molecular flexibility index (Phi) is 4.43. The number of hydrogen-bond donors (Lipinski definition) is 1. The van der Waals surface area contributed by atoms with Crippen LogP contribution in [0.2, 0.25) is 5.02 Å². The molecule has 0 aromatic heterocycles. The molecule has 1 aromatic carbocycles. The number of benzene rings is 1. The maximum absolute atomic E-state index is 9.82. The van der Waals surface area contributed by atoms with Crippen LogP contribution in [-0.2, 0) is 4.74 Å². The summed E-state index contributed by atoms with van der Waals surface area (Å²) in [5.74, 6) is 0.699. The highest BCUT2D eigenvalue weighted by Gasteiger charge is 2.42. The van der Waals surface area contributed by atoms with Gasteiger partial charge in [0.15, 0.2) is 0 Å². The minimum atomic E-state index is -0.593. The Hall–Kier alpha value is -0.770. The minimum absolute atomic E-state index is 0.140. The third-order valence-corrected chi connectivity index (χ3v) is 4.94. The van der Waals surface area contributed by atoms with Crippen LogP contribution in [0.5, 0.6) is 5.75 Å². The van der Waals surface area contributed by atoms with Crippen molar-refractivity contribution in [2.75, 3.05) is 6.61 Å². The van der Waals surface area contributed by atoms with Crippen LogP contribution in [0, 0.1) is 0 Å². The monoisotopic (exact) mass is 310 g/mol. The van der Waals surface area contributed by atoms with Crippen molar-refractivity contribution < 1.29 is 14.6 Å². The lowest BCUT2D eigenvalue weighted by Crippen LogP contribution is -2.27. The highest BCUT2D eigenvalue weighted by atomic mass is 35.5. The van der Waals surface area contributed by atoms with Crippen molar-refractivity contribution in [1.82, 2.24) is 0 Å². The molecule has 21 heavy (non-hydrogen) atoms. The van der Waals surface area contributed by atoms with Crippen LogP contribution in [0.25, 0.3) is 0 Å². The molecule has 3 nitrogen and oxygen atoms in total. The van der Waals surface area contributed by atoms with E-state index in [-0.39, 0.29) is 11.7 Å². The molecule has 2 atom stereocenters. The molecule has 2 aliphatic rings. The van der Waals surface area contributed by atoms with Gasteiger partial charge < -0.3 is 14.6 Å². The molecule has 1 saturated carbocycles. The maximum Gasteiger partial charge on any atom is 0.125 e. The first-order valence-electron chi connectivity index (χ1n) is 7.86. The fourth-order valence-corrected chi connectivity index (χ4v) is 3.74. The van der Waals surface area contributed by atoms with Crippen molar-refractivity contribution in [3.8, 4) is 5.75 Å². The lowest BCUT2D eigenvalue weighted by atomic mass is 9.98. The number of aliphatic hydroxyl groups is 1. The summed E-state index contributed by atoms with van der Waals surface area (Å²) < 4.78 is 12.1. The first-order chi connectivity index (χ1) is 10.1. The molecule has 2 fully saturated rings. The van der Waals surface area contributed by atoms with Crippen LogP contribution in [-0.4, -0.2) is 23.4 Å². The van der Waals surface area contributed by atoms with Gasteiger partial charge in [-0.15, -0.1) is 0 Å². The summed E-state index contributed by atoms with van der Waals surface area (Å²) in [5.41, 5.74) is 0.872. The van der Waals surface area contributed by atoms with Crippen LogP contribution in [0.4, 0.5) is 0 Å². The Morgan fingerprint density at radius 3 is 2.86 bits per heavy atom. The molecule has 3 rings (SSSR count). The zero-order valence-corrected chi connectivity index (χ0v) is 13.2. The summed E-state index contributed by atoms with van der Waals surface area (Å²) in [5, 5.41) is 10.4. The average Bonchev–Trinajstić information content (AvgIpc) is 3.08. The second-order valence-corrected chi connectivity index (χ2v) is 6.77. The van der Waals surface area contributed by atoms with Crippen LogP contribution in [0.3, 0.4) is 0 Å². The van der Waals surface area contributed by atoms with E-state index in [0.29, 0.717) is 17.4 Å². The van der Waals surface area contributed by atoms with Crippen LogP contribution in [0.15, 0.2) is 18.2 Å². The third-order valence-electron chi connectivity index (χ3n) is 4.70. The van der Waals surface area contributed by atoms with E-state index in [9.17, 15) is 5.11 Å². The molecule has 0 radical (unpaired) electrons. The van der Waals surface area contributed by atoms with Crippen molar-refractivity contribution in [3.63, 3.8) is 0 Å². The standard InChI is InChI=1S/C17H23ClO3/c1-12(19)15-10-13(18)4-5-16(15)20-11-14-6-9-17(21-14)7-2-3-8-17/h4-5,10,12,14,19H,2-3,6-9,11H2,1H3. The van der Waals surface area contributed by atoms with Gasteiger partial charge in [0.1, 0.15) is 12.4 Å². The Morgan fingerprint density at radius 2 is 2.14 bits per heavy atom. The number of aliphatic hydroxyl groups excluding tert-OH is 1. The van der Waals surface area contributed by atoms with Crippen molar-refractivity contribution in [2.24, 2.45) is 0 Å². The topological polar surface area (TPSA) is 38.7 Å². The second kappa shape index (κ2) is 6.15. The Morgan fingerprint density at radius 1 is 1.38 bits per heavy atom. The van der Waals surface area contributed by atoms with E-state index in [0.717, 1.165) is 18.4 Å². The van der Waals surface area contributed by atoms with Gasteiger partial charge in [0.2, 0.25) is 0 Å².